The molecule has 6 nitrogen and oxygen atoms in total. The SMILES string of the molecule is Cc1ccc([C@@H]2O[C@H](CO)[C@@H](O)[C@H](O)[C@H]2O)cc1Cc1ccc2c(c1)NCCC2. The van der Waals surface area contributed by atoms with Crippen molar-refractivity contribution in [2.45, 2.75) is 56.7 Å². The van der Waals surface area contributed by atoms with Gasteiger partial charge in [-0.25, -0.2) is 0 Å². The van der Waals surface area contributed by atoms with Crippen molar-refractivity contribution in [3.8, 4) is 0 Å². The van der Waals surface area contributed by atoms with E-state index in [1.807, 2.05) is 25.1 Å². The number of hydrogen-bond donors (Lipinski definition) is 5. The van der Waals surface area contributed by atoms with Crippen LogP contribution in [-0.4, -0.2) is 58.0 Å². The lowest BCUT2D eigenvalue weighted by Gasteiger charge is -2.40. The standard InChI is InChI=1S/C23H29NO5/c1-13-4-6-16(23-22(28)21(27)20(26)19(12-25)29-23)11-17(13)9-14-5-7-15-3-2-8-24-18(15)10-14/h4-7,10-11,19-28H,2-3,8-9,12H2,1H3/t19-,20-,21+,22-,23+/m1/s1. The molecule has 1 fully saturated rings. The minimum Gasteiger partial charge on any atom is -0.394 e. The summed E-state index contributed by atoms with van der Waals surface area (Å²) < 4.78 is 5.72. The van der Waals surface area contributed by atoms with Gasteiger partial charge in [0.25, 0.3) is 0 Å². The number of benzene rings is 2. The highest BCUT2D eigenvalue weighted by Crippen LogP contribution is 2.34. The summed E-state index contributed by atoms with van der Waals surface area (Å²) >= 11 is 0. The highest BCUT2D eigenvalue weighted by Gasteiger charge is 2.43. The maximum atomic E-state index is 10.4. The Morgan fingerprint density at radius 1 is 1.03 bits per heavy atom. The van der Waals surface area contributed by atoms with Crippen LogP contribution in [0.1, 0.15) is 40.3 Å². The largest absolute Gasteiger partial charge is 0.394 e. The summed E-state index contributed by atoms with van der Waals surface area (Å²) in [5.74, 6) is 0. The number of hydrogen-bond acceptors (Lipinski definition) is 6. The van der Waals surface area contributed by atoms with Crippen molar-refractivity contribution in [2.75, 3.05) is 18.5 Å². The lowest BCUT2D eigenvalue weighted by molar-refractivity contribution is -0.231. The van der Waals surface area contributed by atoms with Crippen molar-refractivity contribution >= 4 is 5.69 Å². The Morgan fingerprint density at radius 3 is 2.66 bits per heavy atom. The molecule has 0 aromatic heterocycles. The van der Waals surface area contributed by atoms with Crippen LogP contribution in [0.2, 0.25) is 0 Å². The number of ether oxygens (including phenoxy) is 1. The van der Waals surface area contributed by atoms with Crippen molar-refractivity contribution in [1.29, 1.82) is 0 Å². The summed E-state index contributed by atoms with van der Waals surface area (Å²) in [5, 5.41) is 43.4. The molecule has 0 bridgehead atoms. The van der Waals surface area contributed by atoms with Crippen LogP contribution in [0.25, 0.3) is 0 Å². The number of nitrogens with one attached hydrogen (secondary N) is 1. The van der Waals surface area contributed by atoms with Gasteiger partial charge in [0.1, 0.15) is 30.5 Å². The molecule has 0 spiro atoms. The molecule has 2 heterocycles. The molecule has 0 amide bonds. The molecule has 2 aromatic carbocycles. The second-order valence-corrected chi connectivity index (χ2v) is 8.13. The van der Waals surface area contributed by atoms with E-state index in [1.54, 1.807) is 0 Å². The molecule has 2 aromatic rings. The first-order valence-corrected chi connectivity index (χ1v) is 10.2. The number of aryl methyl sites for hydroxylation is 2. The summed E-state index contributed by atoms with van der Waals surface area (Å²) in [5.41, 5.74) is 6.72. The third-order valence-corrected chi connectivity index (χ3v) is 6.10. The average Bonchev–Trinajstić information content (AvgIpc) is 2.74. The van der Waals surface area contributed by atoms with Crippen molar-refractivity contribution in [1.82, 2.24) is 0 Å². The van der Waals surface area contributed by atoms with E-state index in [-0.39, 0.29) is 0 Å². The molecule has 4 rings (SSSR count). The van der Waals surface area contributed by atoms with Crippen LogP contribution in [0, 0.1) is 6.92 Å². The number of aliphatic hydroxyl groups is 4. The van der Waals surface area contributed by atoms with Gasteiger partial charge in [0.05, 0.1) is 6.61 Å². The Kier molecular flexibility index (Phi) is 5.90. The van der Waals surface area contributed by atoms with E-state index in [9.17, 15) is 20.4 Å². The molecule has 29 heavy (non-hydrogen) atoms. The van der Waals surface area contributed by atoms with Crippen LogP contribution in [0.5, 0.6) is 0 Å². The van der Waals surface area contributed by atoms with Gasteiger partial charge < -0.3 is 30.5 Å². The molecule has 6 heteroatoms. The molecule has 0 saturated carbocycles. The van der Waals surface area contributed by atoms with E-state index in [0.29, 0.717) is 0 Å². The van der Waals surface area contributed by atoms with E-state index in [4.69, 9.17) is 4.74 Å². The van der Waals surface area contributed by atoms with Gasteiger partial charge in [-0.1, -0.05) is 30.3 Å². The van der Waals surface area contributed by atoms with Crippen molar-refractivity contribution in [2.24, 2.45) is 0 Å². The van der Waals surface area contributed by atoms with Crippen molar-refractivity contribution in [3.05, 3.63) is 64.2 Å². The second-order valence-electron chi connectivity index (χ2n) is 8.13. The molecular formula is C23H29NO5. The molecule has 0 unspecified atom stereocenters. The highest BCUT2D eigenvalue weighted by atomic mass is 16.5. The monoisotopic (exact) mass is 399 g/mol. The van der Waals surface area contributed by atoms with E-state index < -0.39 is 37.1 Å². The van der Waals surface area contributed by atoms with Gasteiger partial charge in [-0.05, 0) is 60.1 Å². The third kappa shape index (κ3) is 4.04. The van der Waals surface area contributed by atoms with Crippen LogP contribution in [0.4, 0.5) is 5.69 Å². The Labute approximate surface area is 170 Å². The minimum atomic E-state index is -1.37. The molecule has 5 N–H and O–H groups in total. The van der Waals surface area contributed by atoms with Crippen LogP contribution >= 0.6 is 0 Å². The fourth-order valence-electron chi connectivity index (χ4n) is 4.27. The van der Waals surface area contributed by atoms with E-state index >= 15 is 0 Å². The van der Waals surface area contributed by atoms with Crippen molar-refractivity contribution < 1.29 is 25.2 Å². The lowest BCUT2D eigenvalue weighted by Crippen LogP contribution is -2.55. The van der Waals surface area contributed by atoms with Gasteiger partial charge >= 0.3 is 0 Å². The predicted molar refractivity (Wildman–Crippen MR) is 110 cm³/mol. The first-order chi connectivity index (χ1) is 14.0. The van der Waals surface area contributed by atoms with Gasteiger partial charge in [-0.2, -0.15) is 0 Å². The molecule has 5 atom stereocenters. The van der Waals surface area contributed by atoms with E-state index in [1.165, 1.54) is 16.8 Å². The van der Waals surface area contributed by atoms with Gasteiger partial charge in [0.15, 0.2) is 0 Å². The third-order valence-electron chi connectivity index (χ3n) is 6.10. The van der Waals surface area contributed by atoms with E-state index in [2.05, 4.69) is 23.5 Å². The topological polar surface area (TPSA) is 102 Å². The van der Waals surface area contributed by atoms with Crippen LogP contribution in [-0.2, 0) is 17.6 Å². The van der Waals surface area contributed by atoms with Crippen LogP contribution in [0.3, 0.4) is 0 Å². The van der Waals surface area contributed by atoms with Gasteiger partial charge in [0, 0.05) is 12.2 Å². The molecular weight excluding hydrogens is 370 g/mol. The molecule has 0 aliphatic carbocycles. The summed E-state index contributed by atoms with van der Waals surface area (Å²) in [4.78, 5) is 0. The summed E-state index contributed by atoms with van der Waals surface area (Å²) in [6.07, 6.45) is -2.70. The fraction of sp³-hybridized carbons (Fsp3) is 0.478. The highest BCUT2D eigenvalue weighted by molar-refractivity contribution is 5.55. The molecule has 1 saturated heterocycles. The predicted octanol–water partition coefficient (Wildman–Crippen LogP) is 1.46. The average molecular weight is 399 g/mol. The van der Waals surface area contributed by atoms with Crippen molar-refractivity contribution in [3.63, 3.8) is 0 Å². The first kappa shape index (κ1) is 20.3. The Bertz CT molecular complexity index is 868. The number of rotatable bonds is 4. The van der Waals surface area contributed by atoms with Crippen LogP contribution in [0.15, 0.2) is 36.4 Å². The smallest absolute Gasteiger partial charge is 0.113 e. The van der Waals surface area contributed by atoms with E-state index in [0.717, 1.165) is 42.5 Å². The summed E-state index contributed by atoms with van der Waals surface area (Å²) in [6, 6.07) is 12.4. The number of fused-ring (bicyclic) bond motifs is 1. The summed E-state index contributed by atoms with van der Waals surface area (Å²) in [7, 11) is 0. The minimum absolute atomic E-state index is 0.428. The molecule has 0 radical (unpaired) electrons. The zero-order valence-corrected chi connectivity index (χ0v) is 16.6. The zero-order valence-electron chi connectivity index (χ0n) is 16.6. The quantitative estimate of drug-likeness (QED) is 0.534. The number of aliphatic hydroxyl groups excluding tert-OH is 4. The second kappa shape index (κ2) is 8.42. The lowest BCUT2D eigenvalue weighted by atomic mass is 9.89. The molecule has 156 valence electrons. The maximum absolute atomic E-state index is 10.4. The summed E-state index contributed by atoms with van der Waals surface area (Å²) in [6.45, 7) is 2.62. The Morgan fingerprint density at radius 2 is 1.86 bits per heavy atom. The van der Waals surface area contributed by atoms with Crippen LogP contribution < -0.4 is 5.32 Å². The molecule has 2 aliphatic rings. The zero-order chi connectivity index (χ0) is 20.5. The van der Waals surface area contributed by atoms with Gasteiger partial charge in [0.2, 0.25) is 0 Å². The van der Waals surface area contributed by atoms with Gasteiger partial charge in [-0.15, -0.1) is 0 Å². The van der Waals surface area contributed by atoms with Gasteiger partial charge in [-0.3, -0.25) is 0 Å². The maximum Gasteiger partial charge on any atom is 0.113 e. The normalized spacial score (nSPS) is 29.2. The number of anilines is 1. The Hall–Kier alpha value is -1.96. The Balaban J connectivity index is 1.59. The first-order valence-electron chi connectivity index (χ1n) is 10.2. The molecule has 2 aliphatic heterocycles. The fourth-order valence-corrected chi connectivity index (χ4v) is 4.27.